The second-order valence-electron chi connectivity index (χ2n) is 11.4. The van der Waals surface area contributed by atoms with E-state index in [9.17, 15) is 33.6 Å². The molecule has 1 aromatic rings. The zero-order valence-corrected chi connectivity index (χ0v) is 29.4. The lowest BCUT2D eigenvalue weighted by Gasteiger charge is -2.49. The number of carbonyl (C=O) groups is 7. The van der Waals surface area contributed by atoms with Crippen LogP contribution in [0.15, 0.2) is 35.2 Å². The van der Waals surface area contributed by atoms with E-state index >= 15 is 0 Å². The van der Waals surface area contributed by atoms with Crippen molar-refractivity contribution in [1.82, 2.24) is 10.6 Å². The fraction of sp³-hybridized carbons (Fsp3) is 0.594. The van der Waals surface area contributed by atoms with Crippen molar-refractivity contribution in [2.75, 3.05) is 13.2 Å². The van der Waals surface area contributed by atoms with Crippen LogP contribution in [0.3, 0.4) is 0 Å². The van der Waals surface area contributed by atoms with Gasteiger partial charge in [-0.1, -0.05) is 30.0 Å². The fourth-order valence-corrected chi connectivity index (χ4v) is 6.57. The third-order valence-corrected chi connectivity index (χ3v) is 8.31. The molecule has 0 bridgehead atoms. The third kappa shape index (κ3) is 12.0. The van der Waals surface area contributed by atoms with Crippen LogP contribution < -0.4 is 10.6 Å². The summed E-state index contributed by atoms with van der Waals surface area (Å²) in [5.74, 6) is -4.91. The minimum Gasteiger partial charge on any atom is -0.463 e. The van der Waals surface area contributed by atoms with Gasteiger partial charge < -0.3 is 48.5 Å². The molecule has 18 heteroatoms. The molecule has 10 atom stereocenters. The summed E-state index contributed by atoms with van der Waals surface area (Å²) in [7, 11) is 0. The lowest BCUT2D eigenvalue weighted by atomic mass is 9.94. The monoisotopic (exact) mass is 726 g/mol. The van der Waals surface area contributed by atoms with Gasteiger partial charge in [0, 0.05) is 53.4 Å². The maximum Gasteiger partial charge on any atom is 0.303 e. The first-order chi connectivity index (χ1) is 23.5. The van der Waals surface area contributed by atoms with Gasteiger partial charge in [0.25, 0.3) is 0 Å². The van der Waals surface area contributed by atoms with Crippen LogP contribution in [-0.2, 0) is 71.5 Å². The highest BCUT2D eigenvalue weighted by Gasteiger charge is 2.56. The van der Waals surface area contributed by atoms with Crippen molar-refractivity contribution >= 4 is 53.4 Å². The van der Waals surface area contributed by atoms with Crippen molar-refractivity contribution in [3.8, 4) is 0 Å². The van der Waals surface area contributed by atoms with E-state index in [1.807, 2.05) is 6.07 Å². The third-order valence-electron chi connectivity index (χ3n) is 7.13. The Morgan fingerprint density at radius 1 is 0.600 bits per heavy atom. The number of hydrogen-bond donors (Lipinski definition) is 2. The SMILES string of the molecule is CC(=O)N[C@@H]1[C@@H](OC(C)=O)[C@H](O[C@@H]2O[C@H](COC(C)=O)[C@@H](OC(C)=O)[C@H](OC(C)=O)[C@H]2NC(C)=O)[C@@H](COC(C)=O)O[C@H]1Sc1ccccc1. The molecule has 0 unspecified atom stereocenters. The van der Waals surface area contributed by atoms with Crippen molar-refractivity contribution in [3.63, 3.8) is 0 Å². The summed E-state index contributed by atoms with van der Waals surface area (Å²) in [5, 5.41) is 5.36. The molecule has 0 aromatic heterocycles. The van der Waals surface area contributed by atoms with Gasteiger partial charge in [0.2, 0.25) is 11.8 Å². The number of benzene rings is 1. The number of ether oxygens (including phenoxy) is 8. The normalized spacial score (nSPS) is 29.0. The summed E-state index contributed by atoms with van der Waals surface area (Å²) in [6, 6.07) is 6.54. The average Bonchev–Trinajstić information content (AvgIpc) is 3.00. The van der Waals surface area contributed by atoms with Gasteiger partial charge in [-0.25, -0.2) is 0 Å². The Labute approximate surface area is 292 Å². The van der Waals surface area contributed by atoms with Crippen LogP contribution in [0.4, 0.5) is 0 Å². The maximum atomic E-state index is 12.6. The number of amides is 2. The topological polar surface area (TPSA) is 217 Å². The molecule has 50 heavy (non-hydrogen) atoms. The smallest absolute Gasteiger partial charge is 0.303 e. The first kappa shape index (κ1) is 40.2. The second kappa shape index (κ2) is 18.7. The van der Waals surface area contributed by atoms with Gasteiger partial charge in [-0.3, -0.25) is 33.6 Å². The van der Waals surface area contributed by atoms with Crippen LogP contribution in [-0.4, -0.2) is 115 Å². The quantitative estimate of drug-likeness (QED) is 0.209. The minimum atomic E-state index is -1.61. The van der Waals surface area contributed by atoms with Crippen LogP contribution in [0.25, 0.3) is 0 Å². The van der Waals surface area contributed by atoms with Gasteiger partial charge in [0.05, 0.1) is 0 Å². The van der Waals surface area contributed by atoms with Crippen molar-refractivity contribution in [2.24, 2.45) is 0 Å². The molecule has 2 fully saturated rings. The molecule has 1 aromatic carbocycles. The van der Waals surface area contributed by atoms with Crippen molar-refractivity contribution < 1.29 is 71.5 Å². The molecule has 0 radical (unpaired) electrons. The molecule has 2 aliphatic heterocycles. The average molecular weight is 727 g/mol. The van der Waals surface area contributed by atoms with Gasteiger partial charge in [-0.15, -0.1) is 0 Å². The summed E-state index contributed by atoms with van der Waals surface area (Å²) >= 11 is 1.20. The molecule has 2 N–H and O–H groups in total. The molecule has 0 spiro atoms. The predicted octanol–water partition coefficient (Wildman–Crippen LogP) is 0.544. The minimum absolute atomic E-state index is 0.422. The van der Waals surface area contributed by atoms with Crippen molar-refractivity contribution in [2.45, 2.75) is 114 Å². The molecule has 276 valence electrons. The molecule has 3 rings (SSSR count). The summed E-state index contributed by atoms with van der Waals surface area (Å²) in [6.45, 7) is 7.13. The van der Waals surface area contributed by atoms with Crippen LogP contribution in [0.5, 0.6) is 0 Å². The van der Waals surface area contributed by atoms with Gasteiger partial charge in [0.15, 0.2) is 24.6 Å². The summed E-state index contributed by atoms with van der Waals surface area (Å²) in [6.07, 6.45) is -9.73. The predicted molar refractivity (Wildman–Crippen MR) is 170 cm³/mol. The van der Waals surface area contributed by atoms with Crippen LogP contribution in [0.2, 0.25) is 0 Å². The van der Waals surface area contributed by atoms with E-state index in [1.54, 1.807) is 24.3 Å². The fourth-order valence-electron chi connectivity index (χ4n) is 5.42. The van der Waals surface area contributed by atoms with Gasteiger partial charge in [-0.05, 0) is 12.1 Å². The molecule has 2 heterocycles. The second-order valence-corrected chi connectivity index (χ2v) is 12.6. The zero-order chi connectivity index (χ0) is 37.1. The number of hydrogen-bond acceptors (Lipinski definition) is 16. The van der Waals surface area contributed by atoms with Gasteiger partial charge in [0.1, 0.15) is 49.0 Å². The standard InChI is InChI=1S/C32H42N2O15S/c1-15(35)33-25-29(45-20(6)40)27(44-19(5)39)23(13-42-17(3)37)47-31(25)49-28-24(14-43-18(4)38)48-32(50-22-11-9-8-10-12-22)26(34-16(2)36)30(28)46-21(7)41/h8-12,23-32H,13-14H2,1-7H3,(H,33,35)(H,34,36)/t23-,24-,25-,26-,27-,28-,29-,30-,31+,32+/m1/s1. The largest absolute Gasteiger partial charge is 0.463 e. The van der Waals surface area contributed by atoms with E-state index in [0.717, 1.165) is 32.6 Å². The van der Waals surface area contributed by atoms with Gasteiger partial charge in [-0.2, -0.15) is 0 Å². The van der Waals surface area contributed by atoms with E-state index in [-0.39, 0.29) is 0 Å². The Morgan fingerprint density at radius 2 is 1.06 bits per heavy atom. The Morgan fingerprint density at radius 3 is 1.54 bits per heavy atom. The van der Waals surface area contributed by atoms with E-state index < -0.39 is 115 Å². The van der Waals surface area contributed by atoms with Crippen LogP contribution >= 0.6 is 11.8 Å². The molecule has 2 aliphatic rings. The maximum absolute atomic E-state index is 12.6. The number of carbonyl (C=O) groups excluding carboxylic acids is 7. The van der Waals surface area contributed by atoms with E-state index in [1.165, 1.54) is 32.5 Å². The molecule has 0 saturated carbocycles. The summed E-state index contributed by atoms with van der Waals surface area (Å²) in [4.78, 5) is 86.6. The van der Waals surface area contributed by atoms with Gasteiger partial charge >= 0.3 is 29.8 Å². The summed E-state index contributed by atoms with van der Waals surface area (Å²) in [5.41, 5.74) is -0.927. The lowest BCUT2D eigenvalue weighted by Crippen LogP contribution is -2.70. The van der Waals surface area contributed by atoms with E-state index in [0.29, 0.717) is 0 Å². The number of nitrogens with one attached hydrogen (secondary N) is 2. The molecule has 2 saturated heterocycles. The Bertz CT molecular complexity index is 1390. The Balaban J connectivity index is 2.16. The lowest BCUT2D eigenvalue weighted by molar-refractivity contribution is -0.314. The highest BCUT2D eigenvalue weighted by atomic mass is 32.2. The summed E-state index contributed by atoms with van der Waals surface area (Å²) < 4.78 is 46.2. The number of thioether (sulfide) groups is 1. The molecular weight excluding hydrogens is 684 g/mol. The molecule has 17 nitrogen and oxygen atoms in total. The Kier molecular flexibility index (Phi) is 15.0. The first-order valence-electron chi connectivity index (χ1n) is 15.6. The number of esters is 5. The highest BCUT2D eigenvalue weighted by molar-refractivity contribution is 7.99. The van der Waals surface area contributed by atoms with Crippen molar-refractivity contribution in [3.05, 3.63) is 30.3 Å². The zero-order valence-electron chi connectivity index (χ0n) is 28.6. The van der Waals surface area contributed by atoms with Crippen LogP contribution in [0.1, 0.15) is 48.5 Å². The Hall–Kier alpha value is -4.26. The van der Waals surface area contributed by atoms with E-state index in [4.69, 9.17) is 37.9 Å². The first-order valence-corrected chi connectivity index (χ1v) is 16.4. The van der Waals surface area contributed by atoms with Crippen LogP contribution in [0, 0.1) is 0 Å². The number of rotatable bonds is 13. The molecule has 0 aliphatic carbocycles. The van der Waals surface area contributed by atoms with E-state index in [2.05, 4.69) is 10.6 Å². The molecule has 2 amide bonds. The van der Waals surface area contributed by atoms with Crippen molar-refractivity contribution in [1.29, 1.82) is 0 Å². The molecular formula is C32H42N2O15S. The highest BCUT2D eigenvalue weighted by Crippen LogP contribution is 2.38.